The van der Waals surface area contributed by atoms with E-state index in [0.29, 0.717) is 23.8 Å². The minimum atomic E-state index is -4.37. The molecule has 1 fully saturated rings. The van der Waals surface area contributed by atoms with Crippen molar-refractivity contribution < 1.29 is 22.7 Å². The van der Waals surface area contributed by atoms with E-state index in [1.165, 1.54) is 12.1 Å². The van der Waals surface area contributed by atoms with Crippen LogP contribution < -0.4 is 0 Å². The maximum atomic E-state index is 12.8. The molecule has 0 radical (unpaired) electrons. The Bertz CT molecular complexity index is 995. The van der Waals surface area contributed by atoms with Crippen molar-refractivity contribution in [3.63, 3.8) is 0 Å². The minimum absolute atomic E-state index is 0.182. The summed E-state index contributed by atoms with van der Waals surface area (Å²) in [6.07, 6.45) is 0.233. The summed E-state index contributed by atoms with van der Waals surface area (Å²) < 4.78 is 44.0. The van der Waals surface area contributed by atoms with Gasteiger partial charge in [0.25, 0.3) is 0 Å². The predicted octanol–water partition coefficient (Wildman–Crippen LogP) is 5.01. The van der Waals surface area contributed by atoms with Gasteiger partial charge in [0.15, 0.2) is 0 Å². The van der Waals surface area contributed by atoms with Crippen molar-refractivity contribution >= 4 is 0 Å². The quantitative estimate of drug-likeness (QED) is 0.615. The maximum Gasteiger partial charge on any atom is 0.416 e. The fraction of sp³-hybridized carbons (Fsp3) is 0.391. The lowest BCUT2D eigenvalue weighted by molar-refractivity contribution is -0.137. The molecule has 2 aromatic heterocycles. The number of nitrogens with zero attached hydrogens (tertiary/aromatic N) is 3. The number of alkyl halides is 3. The van der Waals surface area contributed by atoms with Crippen molar-refractivity contribution in [2.45, 2.75) is 38.6 Å². The predicted molar refractivity (Wildman–Crippen MR) is 109 cm³/mol. The first-order chi connectivity index (χ1) is 14.8. The molecule has 1 atom stereocenters. The van der Waals surface area contributed by atoms with E-state index in [-0.39, 0.29) is 5.92 Å². The molecule has 4 rings (SSSR count). The van der Waals surface area contributed by atoms with Crippen LogP contribution in [0, 0.1) is 12.8 Å². The van der Waals surface area contributed by atoms with Gasteiger partial charge in [-0.15, -0.1) is 0 Å². The molecule has 0 spiro atoms. The van der Waals surface area contributed by atoms with Crippen LogP contribution in [0.4, 0.5) is 13.2 Å². The summed E-state index contributed by atoms with van der Waals surface area (Å²) in [5.41, 5.74) is 1.44. The number of aliphatic hydroxyl groups excluding tert-OH is 1. The molecule has 1 unspecified atom stereocenters. The highest BCUT2D eigenvalue weighted by Gasteiger charge is 2.30. The molecule has 0 amide bonds. The van der Waals surface area contributed by atoms with Crippen LogP contribution >= 0.6 is 0 Å². The van der Waals surface area contributed by atoms with Gasteiger partial charge >= 0.3 is 6.18 Å². The number of hydrogen-bond acceptors (Lipinski definition) is 5. The topological polar surface area (TPSA) is 62.4 Å². The second kappa shape index (κ2) is 8.80. The summed E-state index contributed by atoms with van der Waals surface area (Å²) in [7, 11) is 0. The second-order valence-corrected chi connectivity index (χ2v) is 7.94. The zero-order chi connectivity index (χ0) is 22.0. The number of aryl methyl sites for hydroxylation is 1. The monoisotopic (exact) mass is 431 g/mol. The molecular weight excluding hydrogens is 407 g/mol. The van der Waals surface area contributed by atoms with E-state index in [2.05, 4.69) is 14.9 Å². The van der Waals surface area contributed by atoms with Gasteiger partial charge in [-0.25, -0.2) is 4.98 Å². The van der Waals surface area contributed by atoms with Crippen molar-refractivity contribution in [3.05, 3.63) is 71.4 Å². The van der Waals surface area contributed by atoms with Gasteiger partial charge in [0, 0.05) is 24.5 Å². The number of oxazole rings is 1. The number of hydrogen-bond donors (Lipinski definition) is 1. The summed E-state index contributed by atoms with van der Waals surface area (Å²) in [6.45, 7) is 4.06. The largest absolute Gasteiger partial charge is 0.441 e. The van der Waals surface area contributed by atoms with Crippen LogP contribution in [-0.2, 0) is 12.7 Å². The average Bonchev–Trinajstić information content (AvgIpc) is 3.14. The van der Waals surface area contributed by atoms with Crippen LogP contribution in [0.15, 0.2) is 53.2 Å². The Morgan fingerprint density at radius 3 is 2.48 bits per heavy atom. The van der Waals surface area contributed by atoms with Gasteiger partial charge in [0.05, 0.1) is 17.4 Å². The lowest BCUT2D eigenvalue weighted by atomic mass is 9.88. The van der Waals surface area contributed by atoms with Gasteiger partial charge in [-0.2, -0.15) is 13.2 Å². The zero-order valence-electron chi connectivity index (χ0n) is 17.1. The number of likely N-dealkylation sites (tertiary alicyclic amines) is 1. The lowest BCUT2D eigenvalue weighted by Crippen LogP contribution is -2.35. The lowest BCUT2D eigenvalue weighted by Gasteiger charge is -2.33. The number of benzene rings is 1. The molecule has 1 N–H and O–H groups in total. The highest BCUT2D eigenvalue weighted by molar-refractivity contribution is 5.54. The van der Waals surface area contributed by atoms with Crippen LogP contribution in [0.2, 0.25) is 0 Å². The third-order valence-electron chi connectivity index (χ3n) is 5.83. The van der Waals surface area contributed by atoms with Gasteiger partial charge in [0.2, 0.25) is 5.89 Å². The summed E-state index contributed by atoms with van der Waals surface area (Å²) >= 11 is 0. The van der Waals surface area contributed by atoms with Gasteiger partial charge in [-0.05, 0) is 74.7 Å². The molecule has 1 saturated heterocycles. The first kappa shape index (κ1) is 21.5. The molecule has 3 aromatic rings. The van der Waals surface area contributed by atoms with Crippen molar-refractivity contribution in [1.29, 1.82) is 0 Å². The van der Waals surface area contributed by atoms with E-state index in [1.54, 1.807) is 12.4 Å². The Morgan fingerprint density at radius 2 is 1.87 bits per heavy atom. The molecular formula is C23H24F3N3O2. The average molecular weight is 431 g/mol. The summed E-state index contributed by atoms with van der Waals surface area (Å²) in [5.74, 6) is 1.16. The fourth-order valence-electron chi connectivity index (χ4n) is 3.96. The number of aromatic nitrogens is 2. The highest BCUT2D eigenvalue weighted by atomic mass is 19.4. The van der Waals surface area contributed by atoms with Crippen LogP contribution in [0.3, 0.4) is 0 Å². The standard InChI is InChI=1S/C23H24F3N3O2/c1-15-20(28-22(31-15)17-4-6-19(7-5-17)23(24,25)26)14-29-11-8-16(9-12-29)21(30)18-3-2-10-27-13-18/h2-7,10,13,16,21,30H,8-9,11-12,14H2,1H3. The molecule has 1 aromatic carbocycles. The number of pyridine rings is 1. The van der Waals surface area contributed by atoms with E-state index in [4.69, 9.17) is 4.42 Å². The van der Waals surface area contributed by atoms with E-state index < -0.39 is 17.8 Å². The molecule has 0 aliphatic carbocycles. The van der Waals surface area contributed by atoms with Crippen molar-refractivity contribution in [2.24, 2.45) is 5.92 Å². The smallest absolute Gasteiger partial charge is 0.416 e. The van der Waals surface area contributed by atoms with Crippen LogP contribution in [0.5, 0.6) is 0 Å². The number of rotatable bonds is 5. The Hall–Kier alpha value is -2.71. The molecule has 5 nitrogen and oxygen atoms in total. The van der Waals surface area contributed by atoms with Crippen molar-refractivity contribution in [2.75, 3.05) is 13.1 Å². The SMILES string of the molecule is Cc1oc(-c2ccc(C(F)(F)F)cc2)nc1CN1CCC(C(O)c2cccnc2)CC1. The Labute approximate surface area is 178 Å². The molecule has 8 heteroatoms. The third kappa shape index (κ3) is 4.97. The number of aliphatic hydroxyl groups is 1. The molecule has 3 heterocycles. The van der Waals surface area contributed by atoms with Crippen LogP contribution in [-0.4, -0.2) is 33.1 Å². The van der Waals surface area contributed by atoms with Gasteiger partial charge in [-0.3, -0.25) is 9.88 Å². The van der Waals surface area contributed by atoms with E-state index in [0.717, 1.165) is 49.3 Å². The van der Waals surface area contributed by atoms with E-state index >= 15 is 0 Å². The Kier molecular flexibility index (Phi) is 6.11. The first-order valence-electron chi connectivity index (χ1n) is 10.3. The van der Waals surface area contributed by atoms with Gasteiger partial charge in [0.1, 0.15) is 5.76 Å². The molecule has 0 saturated carbocycles. The summed E-state index contributed by atoms with van der Waals surface area (Å²) in [5, 5.41) is 10.6. The number of piperidine rings is 1. The Morgan fingerprint density at radius 1 is 1.16 bits per heavy atom. The van der Waals surface area contributed by atoms with Gasteiger partial charge < -0.3 is 9.52 Å². The normalized spacial score (nSPS) is 17.1. The van der Waals surface area contributed by atoms with Crippen molar-refractivity contribution in [3.8, 4) is 11.5 Å². The van der Waals surface area contributed by atoms with E-state index in [1.807, 2.05) is 19.1 Å². The molecule has 1 aliphatic heterocycles. The molecule has 1 aliphatic rings. The van der Waals surface area contributed by atoms with Crippen LogP contribution in [0.1, 0.15) is 41.5 Å². The van der Waals surface area contributed by atoms with Crippen molar-refractivity contribution in [1.82, 2.24) is 14.9 Å². The van der Waals surface area contributed by atoms with Crippen LogP contribution in [0.25, 0.3) is 11.5 Å². The molecule has 164 valence electrons. The molecule has 0 bridgehead atoms. The minimum Gasteiger partial charge on any atom is -0.441 e. The molecule has 31 heavy (non-hydrogen) atoms. The zero-order valence-corrected chi connectivity index (χ0v) is 17.1. The second-order valence-electron chi connectivity index (χ2n) is 7.94. The summed E-state index contributed by atoms with van der Waals surface area (Å²) in [6, 6.07) is 8.55. The highest BCUT2D eigenvalue weighted by Crippen LogP contribution is 2.33. The number of halogens is 3. The first-order valence-corrected chi connectivity index (χ1v) is 10.3. The summed E-state index contributed by atoms with van der Waals surface area (Å²) in [4.78, 5) is 10.9. The Balaban J connectivity index is 1.37. The van der Waals surface area contributed by atoms with E-state index in [9.17, 15) is 18.3 Å². The maximum absolute atomic E-state index is 12.8. The third-order valence-corrected chi connectivity index (χ3v) is 5.83. The fourth-order valence-corrected chi connectivity index (χ4v) is 3.96. The van der Waals surface area contributed by atoms with Gasteiger partial charge in [-0.1, -0.05) is 6.07 Å².